The van der Waals surface area contributed by atoms with Crippen LogP contribution in [0, 0.1) is 0 Å². The van der Waals surface area contributed by atoms with Gasteiger partial charge >= 0.3 is 0 Å². The normalized spacial score (nSPS) is 15.9. The second-order valence-electron chi connectivity index (χ2n) is 10.8. The Kier molecular flexibility index (Phi) is 3.99. The lowest BCUT2D eigenvalue weighted by Crippen LogP contribution is -2.35. The van der Waals surface area contributed by atoms with Crippen LogP contribution < -0.4 is 0 Å². The monoisotopic (exact) mass is 453 g/mol. The van der Waals surface area contributed by atoms with Gasteiger partial charge in [-0.1, -0.05) is 86.6 Å². The van der Waals surface area contributed by atoms with Gasteiger partial charge in [-0.15, -0.1) is 0 Å². The first-order valence-corrected chi connectivity index (χ1v) is 12.3. The van der Waals surface area contributed by atoms with E-state index in [1.165, 1.54) is 38.2 Å². The van der Waals surface area contributed by atoms with Crippen LogP contribution in [0.15, 0.2) is 95.5 Å². The maximum Gasteiger partial charge on any atom is 0.144 e. The Hall–Kier alpha value is -3.91. The van der Waals surface area contributed by atoms with Crippen molar-refractivity contribution in [3.8, 4) is 11.3 Å². The van der Waals surface area contributed by atoms with Crippen LogP contribution in [0.2, 0.25) is 0 Å². The van der Waals surface area contributed by atoms with E-state index in [1.54, 1.807) is 0 Å². The number of pyridine rings is 1. The van der Waals surface area contributed by atoms with Crippen molar-refractivity contribution in [2.24, 2.45) is 0 Å². The molecular weight excluding hydrogens is 426 g/mol. The van der Waals surface area contributed by atoms with Crippen LogP contribution >= 0.6 is 0 Å². The van der Waals surface area contributed by atoms with Crippen molar-refractivity contribution in [1.82, 2.24) is 4.98 Å². The first-order valence-electron chi connectivity index (χ1n) is 12.3. The number of hydrogen-bond donors (Lipinski definition) is 0. The van der Waals surface area contributed by atoms with Crippen molar-refractivity contribution < 1.29 is 4.42 Å². The minimum atomic E-state index is -0.245. The van der Waals surface area contributed by atoms with Gasteiger partial charge in [0.1, 0.15) is 11.3 Å². The Labute approximate surface area is 205 Å². The summed E-state index contributed by atoms with van der Waals surface area (Å²) in [6, 6.07) is 30.3. The number of hydrogen-bond acceptors (Lipinski definition) is 2. The molecule has 4 aromatic carbocycles. The average Bonchev–Trinajstić information content (AvgIpc) is 3.31. The van der Waals surface area contributed by atoms with E-state index in [9.17, 15) is 0 Å². The molecule has 2 heterocycles. The Balaban J connectivity index is 1.70. The van der Waals surface area contributed by atoms with E-state index >= 15 is 0 Å². The Morgan fingerprint density at radius 2 is 1.29 bits per heavy atom. The summed E-state index contributed by atoms with van der Waals surface area (Å²) in [5, 5.41) is 5.99. The highest BCUT2D eigenvalue weighted by Crippen LogP contribution is 2.55. The third-order valence-corrected chi connectivity index (χ3v) is 8.08. The average molecular weight is 454 g/mol. The highest BCUT2D eigenvalue weighted by Gasteiger charge is 2.46. The molecule has 0 bridgehead atoms. The van der Waals surface area contributed by atoms with E-state index in [1.807, 2.05) is 6.20 Å². The van der Waals surface area contributed by atoms with Crippen molar-refractivity contribution in [1.29, 1.82) is 0 Å². The van der Waals surface area contributed by atoms with E-state index < -0.39 is 0 Å². The molecule has 0 fully saturated rings. The number of nitrogens with zero attached hydrogens (tertiary/aromatic N) is 1. The number of furan rings is 1. The summed E-state index contributed by atoms with van der Waals surface area (Å²) in [6.07, 6.45) is 1.91. The summed E-state index contributed by atoms with van der Waals surface area (Å²) in [5.74, 6) is 1.06. The zero-order chi connectivity index (χ0) is 23.9. The molecule has 0 saturated heterocycles. The second-order valence-corrected chi connectivity index (χ2v) is 10.8. The molecule has 2 aromatic heterocycles. The predicted octanol–water partition coefficient (Wildman–Crippen LogP) is 8.77. The maximum atomic E-state index is 7.00. The molecule has 0 atom stereocenters. The van der Waals surface area contributed by atoms with Crippen molar-refractivity contribution in [2.75, 3.05) is 0 Å². The lowest BCUT2D eigenvalue weighted by atomic mass is 9.62. The van der Waals surface area contributed by atoms with E-state index in [2.05, 4.69) is 113 Å². The summed E-state index contributed by atoms with van der Waals surface area (Å²) >= 11 is 0. The van der Waals surface area contributed by atoms with Gasteiger partial charge in [0.15, 0.2) is 0 Å². The van der Waals surface area contributed by atoms with Crippen LogP contribution in [0.5, 0.6) is 0 Å². The number of rotatable bonds is 1. The van der Waals surface area contributed by atoms with Gasteiger partial charge < -0.3 is 4.42 Å². The largest absolute Gasteiger partial charge is 0.459 e. The topological polar surface area (TPSA) is 26.0 Å². The van der Waals surface area contributed by atoms with Gasteiger partial charge in [0.05, 0.1) is 5.69 Å². The summed E-state index contributed by atoms with van der Waals surface area (Å²) in [7, 11) is 0. The Morgan fingerprint density at radius 1 is 0.657 bits per heavy atom. The molecule has 0 radical (unpaired) electrons. The van der Waals surface area contributed by atoms with Crippen LogP contribution in [0.3, 0.4) is 0 Å². The minimum absolute atomic E-state index is 0.194. The molecule has 0 unspecified atom stereocenters. The van der Waals surface area contributed by atoms with Gasteiger partial charge in [-0.2, -0.15) is 0 Å². The Morgan fingerprint density at radius 3 is 2.06 bits per heavy atom. The molecule has 7 rings (SSSR count). The van der Waals surface area contributed by atoms with E-state index in [-0.39, 0.29) is 10.8 Å². The molecule has 6 aromatic rings. The second kappa shape index (κ2) is 6.82. The lowest BCUT2D eigenvalue weighted by molar-refractivity contribution is 0.410. The van der Waals surface area contributed by atoms with Gasteiger partial charge in [0, 0.05) is 38.9 Å². The van der Waals surface area contributed by atoms with Crippen molar-refractivity contribution in [2.45, 2.75) is 38.5 Å². The summed E-state index contributed by atoms with van der Waals surface area (Å²) in [4.78, 5) is 4.89. The smallest absolute Gasteiger partial charge is 0.144 e. The molecular formula is C33H27NO. The zero-order valence-corrected chi connectivity index (χ0v) is 20.5. The molecule has 2 nitrogen and oxygen atoms in total. The van der Waals surface area contributed by atoms with Gasteiger partial charge in [-0.3, -0.25) is 4.98 Å². The molecule has 0 spiro atoms. The maximum absolute atomic E-state index is 7.00. The van der Waals surface area contributed by atoms with E-state index in [4.69, 9.17) is 9.40 Å². The van der Waals surface area contributed by atoms with Gasteiger partial charge in [0.2, 0.25) is 0 Å². The van der Waals surface area contributed by atoms with E-state index in [0.29, 0.717) is 0 Å². The summed E-state index contributed by atoms with van der Waals surface area (Å²) < 4.78 is 7.00. The molecule has 1 aliphatic carbocycles. The van der Waals surface area contributed by atoms with Gasteiger partial charge in [0.25, 0.3) is 0 Å². The number of fused-ring (bicyclic) bond motifs is 7. The van der Waals surface area contributed by atoms with Crippen molar-refractivity contribution in [3.63, 3.8) is 0 Å². The van der Waals surface area contributed by atoms with Crippen LogP contribution in [0.1, 0.15) is 50.1 Å². The molecule has 170 valence electrons. The van der Waals surface area contributed by atoms with Gasteiger partial charge in [-0.25, -0.2) is 0 Å². The van der Waals surface area contributed by atoms with Crippen LogP contribution in [-0.4, -0.2) is 4.98 Å². The first-order chi connectivity index (χ1) is 16.9. The molecule has 0 saturated carbocycles. The molecule has 0 aliphatic heterocycles. The highest BCUT2D eigenvalue weighted by molar-refractivity contribution is 6.16. The third-order valence-electron chi connectivity index (χ3n) is 8.08. The molecule has 1 aliphatic rings. The highest BCUT2D eigenvalue weighted by atomic mass is 16.3. The molecule has 0 N–H and O–H groups in total. The Bertz CT molecular complexity index is 1800. The van der Waals surface area contributed by atoms with Crippen molar-refractivity contribution in [3.05, 3.63) is 114 Å². The standard InChI is InChI=1S/C33H27NO/c1-32(2)25-15-9-10-16-26(25)33(3,4)31-28(32)27-22-13-7-6-12-21(22)19-24(30(27)35-31)29-23-14-8-5-11-20(23)17-18-34-29/h5-19H,1-4H3. The zero-order valence-electron chi connectivity index (χ0n) is 20.5. The summed E-state index contributed by atoms with van der Waals surface area (Å²) in [6.45, 7) is 9.26. The first kappa shape index (κ1) is 20.5. The summed E-state index contributed by atoms with van der Waals surface area (Å²) in [5.41, 5.74) is 6.54. The van der Waals surface area contributed by atoms with Crippen LogP contribution in [0.4, 0.5) is 0 Å². The van der Waals surface area contributed by atoms with E-state index in [0.717, 1.165) is 28.0 Å². The van der Waals surface area contributed by atoms with Crippen LogP contribution in [0.25, 0.3) is 43.8 Å². The van der Waals surface area contributed by atoms with Gasteiger partial charge in [-0.05, 0) is 53.3 Å². The fourth-order valence-electron chi connectivity index (χ4n) is 6.33. The molecule has 2 heteroatoms. The number of aromatic nitrogens is 1. The third kappa shape index (κ3) is 2.63. The predicted molar refractivity (Wildman–Crippen MR) is 145 cm³/mol. The lowest BCUT2D eigenvalue weighted by Gasteiger charge is -2.40. The fraction of sp³-hybridized carbons (Fsp3) is 0.182. The number of benzene rings is 4. The van der Waals surface area contributed by atoms with Crippen LogP contribution in [-0.2, 0) is 10.8 Å². The molecule has 0 amide bonds. The quantitative estimate of drug-likeness (QED) is 0.249. The minimum Gasteiger partial charge on any atom is -0.459 e. The van der Waals surface area contributed by atoms with Crippen molar-refractivity contribution >= 4 is 32.5 Å². The fourth-order valence-corrected chi connectivity index (χ4v) is 6.33. The SMILES string of the molecule is CC1(C)c2ccccc2C(C)(C)c2c1oc1c(-c3nccc4ccccc34)cc3ccccc3c21. The molecule has 35 heavy (non-hydrogen) atoms.